The molecular weight excluding hydrogens is 443 g/mol. The van der Waals surface area contributed by atoms with Gasteiger partial charge in [0.15, 0.2) is 0 Å². The Morgan fingerprint density at radius 2 is 1.94 bits per heavy atom. The van der Waals surface area contributed by atoms with E-state index < -0.39 is 41.7 Å². The van der Waals surface area contributed by atoms with E-state index in [9.17, 15) is 23.6 Å². The van der Waals surface area contributed by atoms with Gasteiger partial charge in [-0.25, -0.2) is 9.18 Å². The van der Waals surface area contributed by atoms with Crippen LogP contribution in [-0.2, 0) is 24.7 Å². The number of likely N-dealkylation sites (N-methyl/N-ethyl adjacent to an activating group) is 1. The molecule has 2 heterocycles. The first kappa shape index (κ1) is 25.6. The summed E-state index contributed by atoms with van der Waals surface area (Å²) in [6.07, 6.45) is 2.00. The van der Waals surface area contributed by atoms with Gasteiger partial charge in [-0.1, -0.05) is 19.1 Å². The van der Waals surface area contributed by atoms with Crippen molar-refractivity contribution in [1.29, 1.82) is 0 Å². The number of urea groups is 1. The molecule has 3 rings (SSSR count). The Labute approximate surface area is 199 Å². The van der Waals surface area contributed by atoms with Gasteiger partial charge in [-0.2, -0.15) is 0 Å². The summed E-state index contributed by atoms with van der Waals surface area (Å²) in [5, 5.41) is 2.63. The van der Waals surface area contributed by atoms with Crippen LogP contribution in [0.15, 0.2) is 24.3 Å². The van der Waals surface area contributed by atoms with Crippen molar-refractivity contribution in [2.75, 3.05) is 39.3 Å². The average Bonchev–Trinajstić information content (AvgIpc) is 3.34. The molecule has 2 unspecified atom stereocenters. The molecule has 4 amide bonds. The largest absolute Gasteiger partial charge is 0.466 e. The molecule has 0 radical (unpaired) electrons. The zero-order valence-electron chi connectivity index (χ0n) is 20.0. The van der Waals surface area contributed by atoms with Crippen LogP contribution in [0.2, 0.25) is 0 Å². The zero-order chi connectivity index (χ0) is 24.9. The number of nitrogens with zero attached hydrogens (tertiary/aromatic N) is 3. The molecule has 0 bridgehead atoms. The van der Waals surface area contributed by atoms with Gasteiger partial charge in [0.2, 0.25) is 5.91 Å². The molecule has 1 aromatic carbocycles. The molecule has 2 saturated heterocycles. The summed E-state index contributed by atoms with van der Waals surface area (Å²) in [5.74, 6) is -1.86. The first-order chi connectivity index (χ1) is 16.2. The number of imide groups is 1. The topological polar surface area (TPSA) is 99.3 Å². The summed E-state index contributed by atoms with van der Waals surface area (Å²) < 4.78 is 18.3. The van der Waals surface area contributed by atoms with Crippen LogP contribution in [0.3, 0.4) is 0 Å². The van der Waals surface area contributed by atoms with Gasteiger partial charge in [0, 0.05) is 19.1 Å². The zero-order valence-corrected chi connectivity index (χ0v) is 20.0. The lowest BCUT2D eigenvalue weighted by Gasteiger charge is -2.31. The third-order valence-electron chi connectivity index (χ3n) is 6.57. The van der Waals surface area contributed by atoms with Crippen molar-refractivity contribution in [2.24, 2.45) is 0 Å². The Balaban J connectivity index is 1.73. The quantitative estimate of drug-likeness (QED) is 0.409. The molecule has 34 heavy (non-hydrogen) atoms. The number of esters is 1. The van der Waals surface area contributed by atoms with E-state index in [4.69, 9.17) is 4.74 Å². The highest BCUT2D eigenvalue weighted by atomic mass is 19.1. The number of carbonyl (C=O) groups excluding carboxylic acids is 4. The maximum absolute atomic E-state index is 13.3. The maximum atomic E-state index is 13.3. The van der Waals surface area contributed by atoms with Crippen LogP contribution >= 0.6 is 0 Å². The molecule has 0 aliphatic carbocycles. The minimum atomic E-state index is -1.40. The normalized spacial score (nSPS) is 22.7. The minimum absolute atomic E-state index is 0.0336. The molecule has 2 aliphatic heterocycles. The van der Waals surface area contributed by atoms with E-state index in [1.807, 2.05) is 0 Å². The van der Waals surface area contributed by atoms with E-state index in [-0.39, 0.29) is 25.6 Å². The number of ether oxygens (including phenoxy) is 1. The molecule has 2 aliphatic rings. The predicted octanol–water partition coefficient (Wildman–Crippen LogP) is 1.86. The second-order valence-electron chi connectivity index (χ2n) is 8.77. The van der Waals surface area contributed by atoms with Gasteiger partial charge in [0.25, 0.3) is 5.91 Å². The van der Waals surface area contributed by atoms with Crippen LogP contribution in [0.25, 0.3) is 0 Å². The second kappa shape index (κ2) is 10.9. The number of carbonyl (C=O) groups is 4. The number of benzene rings is 1. The highest BCUT2D eigenvalue weighted by Gasteiger charge is 2.49. The van der Waals surface area contributed by atoms with Gasteiger partial charge < -0.3 is 15.0 Å². The maximum Gasteiger partial charge on any atom is 0.325 e. The Morgan fingerprint density at radius 1 is 1.24 bits per heavy atom. The molecule has 1 aromatic rings. The monoisotopic (exact) mass is 476 g/mol. The lowest BCUT2D eigenvalue weighted by molar-refractivity contribution is -0.145. The summed E-state index contributed by atoms with van der Waals surface area (Å²) in [5.41, 5.74) is -0.975. The standard InChI is InChI=1S/C24H33FN4O5/c1-4-27-13-6-7-19(27)15-28(14-12-21(31)34-5-2)20(30)16-29-22(32)24(3,26-23(29)33)17-8-10-18(25)11-9-17/h8-11,19H,4-7,12-16H2,1-3H3,(H,26,33). The summed E-state index contributed by atoms with van der Waals surface area (Å²) >= 11 is 0. The highest BCUT2D eigenvalue weighted by Crippen LogP contribution is 2.29. The third-order valence-corrected chi connectivity index (χ3v) is 6.57. The molecule has 0 saturated carbocycles. The highest BCUT2D eigenvalue weighted by molar-refractivity contribution is 6.09. The first-order valence-electron chi connectivity index (χ1n) is 11.8. The van der Waals surface area contributed by atoms with Crippen LogP contribution < -0.4 is 5.32 Å². The van der Waals surface area contributed by atoms with E-state index in [1.54, 1.807) is 11.8 Å². The lowest BCUT2D eigenvalue weighted by atomic mass is 9.92. The molecule has 2 fully saturated rings. The molecule has 186 valence electrons. The second-order valence-corrected chi connectivity index (χ2v) is 8.77. The van der Waals surface area contributed by atoms with E-state index in [0.29, 0.717) is 12.1 Å². The van der Waals surface area contributed by atoms with Crippen molar-refractivity contribution in [3.05, 3.63) is 35.6 Å². The molecule has 9 nitrogen and oxygen atoms in total. The third kappa shape index (κ3) is 5.55. The summed E-state index contributed by atoms with van der Waals surface area (Å²) in [7, 11) is 0. The fourth-order valence-electron chi connectivity index (χ4n) is 4.60. The number of hydrogen-bond donors (Lipinski definition) is 1. The van der Waals surface area contributed by atoms with Gasteiger partial charge in [-0.3, -0.25) is 24.2 Å². The Kier molecular flexibility index (Phi) is 8.24. The first-order valence-corrected chi connectivity index (χ1v) is 11.8. The van der Waals surface area contributed by atoms with Gasteiger partial charge in [0.05, 0.1) is 13.0 Å². The molecule has 0 aromatic heterocycles. The van der Waals surface area contributed by atoms with Crippen molar-refractivity contribution < 1.29 is 28.3 Å². The molecule has 10 heteroatoms. The predicted molar refractivity (Wildman–Crippen MR) is 122 cm³/mol. The van der Waals surface area contributed by atoms with Crippen LogP contribution in [0.5, 0.6) is 0 Å². The number of amides is 4. The Morgan fingerprint density at radius 3 is 2.59 bits per heavy atom. The van der Waals surface area contributed by atoms with Crippen LogP contribution in [0.1, 0.15) is 45.6 Å². The Bertz CT molecular complexity index is 924. The molecule has 1 N–H and O–H groups in total. The fraction of sp³-hybridized carbons (Fsp3) is 0.583. The number of hydrogen-bond acceptors (Lipinski definition) is 6. The summed E-state index contributed by atoms with van der Waals surface area (Å²) in [6, 6.07) is 4.77. The molecule has 2 atom stereocenters. The van der Waals surface area contributed by atoms with E-state index in [0.717, 1.165) is 30.8 Å². The fourth-order valence-corrected chi connectivity index (χ4v) is 4.60. The van der Waals surface area contributed by atoms with Crippen molar-refractivity contribution >= 4 is 23.8 Å². The SMILES string of the molecule is CCOC(=O)CCN(CC1CCCN1CC)C(=O)CN1C(=O)NC(C)(c2ccc(F)cc2)C1=O. The van der Waals surface area contributed by atoms with Crippen molar-refractivity contribution in [3.8, 4) is 0 Å². The van der Waals surface area contributed by atoms with E-state index in [1.165, 1.54) is 31.2 Å². The van der Waals surface area contributed by atoms with Gasteiger partial charge in [0.1, 0.15) is 17.9 Å². The van der Waals surface area contributed by atoms with Crippen LogP contribution in [0, 0.1) is 5.82 Å². The Hall–Kier alpha value is -3.01. The number of halogens is 1. The van der Waals surface area contributed by atoms with Crippen molar-refractivity contribution in [3.63, 3.8) is 0 Å². The van der Waals surface area contributed by atoms with E-state index >= 15 is 0 Å². The summed E-state index contributed by atoms with van der Waals surface area (Å²) in [6.45, 7) is 7.47. The van der Waals surface area contributed by atoms with Gasteiger partial charge in [-0.15, -0.1) is 0 Å². The van der Waals surface area contributed by atoms with Crippen molar-refractivity contribution in [1.82, 2.24) is 20.0 Å². The van der Waals surface area contributed by atoms with Crippen LogP contribution in [0.4, 0.5) is 9.18 Å². The van der Waals surface area contributed by atoms with E-state index in [2.05, 4.69) is 17.1 Å². The van der Waals surface area contributed by atoms with Crippen molar-refractivity contribution in [2.45, 2.75) is 51.6 Å². The number of likely N-dealkylation sites (tertiary alicyclic amines) is 1. The average molecular weight is 477 g/mol. The minimum Gasteiger partial charge on any atom is -0.466 e. The molecule has 0 spiro atoms. The van der Waals surface area contributed by atoms with Gasteiger partial charge >= 0.3 is 12.0 Å². The molecular formula is C24H33FN4O5. The smallest absolute Gasteiger partial charge is 0.325 e. The van der Waals surface area contributed by atoms with Crippen LogP contribution in [-0.4, -0.2) is 83.9 Å². The van der Waals surface area contributed by atoms with Gasteiger partial charge in [-0.05, 0) is 57.5 Å². The number of nitrogens with one attached hydrogen (secondary N) is 1. The lowest BCUT2D eigenvalue weighted by Crippen LogP contribution is -2.48. The number of rotatable bonds is 10. The summed E-state index contributed by atoms with van der Waals surface area (Å²) in [4.78, 5) is 55.7.